The van der Waals surface area contributed by atoms with Gasteiger partial charge in [-0.3, -0.25) is 4.79 Å². The quantitative estimate of drug-likeness (QED) is 0.824. The number of nitrogens with zero attached hydrogens (tertiary/aromatic N) is 1. The molecule has 18 heavy (non-hydrogen) atoms. The predicted octanol–water partition coefficient (Wildman–Crippen LogP) is 1.31. The zero-order chi connectivity index (χ0) is 13.5. The van der Waals surface area contributed by atoms with Crippen LogP contribution in [0.1, 0.15) is 23.2 Å². The first kappa shape index (κ1) is 13.6. The van der Waals surface area contributed by atoms with E-state index in [0.29, 0.717) is 0 Å². The number of nitriles is 1. The lowest BCUT2D eigenvalue weighted by molar-refractivity contribution is -0.139. The van der Waals surface area contributed by atoms with Crippen molar-refractivity contribution in [2.24, 2.45) is 0 Å². The lowest BCUT2D eigenvalue weighted by Gasteiger charge is -2.13. The van der Waals surface area contributed by atoms with Crippen molar-refractivity contribution >= 4 is 11.9 Å². The number of carbonyl (C=O) groups is 2. The Bertz CT molecular complexity index is 496. The van der Waals surface area contributed by atoms with E-state index in [0.717, 1.165) is 6.07 Å². The predicted molar refractivity (Wildman–Crippen MR) is 60.1 cm³/mol. The molecule has 0 aliphatic heterocycles. The van der Waals surface area contributed by atoms with Gasteiger partial charge in [0.2, 0.25) is 0 Å². The maximum absolute atomic E-state index is 13.3. The monoisotopic (exact) mass is 250 g/mol. The van der Waals surface area contributed by atoms with Crippen molar-refractivity contribution in [3.63, 3.8) is 0 Å². The topological polar surface area (TPSA) is 90.2 Å². The van der Waals surface area contributed by atoms with Crippen LogP contribution in [0.3, 0.4) is 0 Å². The van der Waals surface area contributed by atoms with Crippen molar-refractivity contribution in [3.05, 3.63) is 35.6 Å². The first-order valence-electron chi connectivity index (χ1n) is 5.21. The van der Waals surface area contributed by atoms with E-state index in [1.165, 1.54) is 18.2 Å². The fourth-order valence-electron chi connectivity index (χ4n) is 1.35. The van der Waals surface area contributed by atoms with Crippen molar-refractivity contribution in [1.29, 1.82) is 5.26 Å². The molecule has 1 rings (SSSR count). The van der Waals surface area contributed by atoms with Gasteiger partial charge in [-0.25, -0.2) is 9.18 Å². The molecule has 0 saturated heterocycles. The molecule has 0 saturated carbocycles. The molecule has 0 fully saturated rings. The lowest BCUT2D eigenvalue weighted by Crippen LogP contribution is -2.41. The molecule has 1 aromatic rings. The number of carbonyl (C=O) groups excluding carboxylic acids is 1. The first-order chi connectivity index (χ1) is 8.56. The zero-order valence-corrected chi connectivity index (χ0v) is 9.39. The summed E-state index contributed by atoms with van der Waals surface area (Å²) in [6, 6.07) is 5.86. The Kier molecular flexibility index (Phi) is 4.81. The molecule has 5 nitrogen and oxygen atoms in total. The molecular formula is C12H11FN2O3. The number of rotatable bonds is 5. The van der Waals surface area contributed by atoms with Crippen LogP contribution in [0, 0.1) is 17.1 Å². The number of nitrogens with one attached hydrogen (secondary N) is 1. The SMILES string of the molecule is N#CCC[C@@H](NC(=O)c1ccccc1F)C(=O)O. The second-order valence-electron chi connectivity index (χ2n) is 3.54. The highest BCUT2D eigenvalue weighted by molar-refractivity contribution is 5.96. The lowest BCUT2D eigenvalue weighted by atomic mass is 10.1. The van der Waals surface area contributed by atoms with Crippen LogP contribution in [-0.4, -0.2) is 23.0 Å². The number of carboxylic acid groups (broad SMARTS) is 1. The third-order valence-corrected chi connectivity index (χ3v) is 2.27. The standard InChI is InChI=1S/C12H11FN2O3/c13-9-5-2-1-4-8(9)11(16)15-10(12(17)18)6-3-7-14/h1-2,4-5,10H,3,6H2,(H,15,16)(H,17,18)/t10-/m1/s1. The fourth-order valence-corrected chi connectivity index (χ4v) is 1.35. The Morgan fingerprint density at radius 3 is 2.67 bits per heavy atom. The number of aliphatic carboxylic acids is 1. The molecule has 0 aliphatic rings. The summed E-state index contributed by atoms with van der Waals surface area (Å²) in [4.78, 5) is 22.5. The average molecular weight is 250 g/mol. The van der Waals surface area contributed by atoms with Gasteiger partial charge in [0.05, 0.1) is 11.6 Å². The highest BCUT2D eigenvalue weighted by Crippen LogP contribution is 2.07. The highest BCUT2D eigenvalue weighted by Gasteiger charge is 2.21. The molecule has 0 bridgehead atoms. The number of carboxylic acids is 1. The molecule has 0 aromatic heterocycles. The van der Waals surface area contributed by atoms with Gasteiger partial charge >= 0.3 is 5.97 Å². The minimum atomic E-state index is -1.25. The van der Waals surface area contributed by atoms with E-state index in [9.17, 15) is 14.0 Å². The molecule has 1 amide bonds. The summed E-state index contributed by atoms with van der Waals surface area (Å²) in [6.07, 6.45) is -0.0272. The molecule has 2 N–H and O–H groups in total. The molecule has 94 valence electrons. The maximum Gasteiger partial charge on any atom is 0.326 e. The second kappa shape index (κ2) is 6.35. The van der Waals surface area contributed by atoms with E-state index in [-0.39, 0.29) is 18.4 Å². The molecule has 6 heteroatoms. The normalized spacial score (nSPS) is 11.3. The summed E-state index contributed by atoms with van der Waals surface area (Å²) in [5.41, 5.74) is -0.222. The fraction of sp³-hybridized carbons (Fsp3) is 0.250. The van der Waals surface area contributed by atoms with Crippen LogP contribution in [-0.2, 0) is 4.79 Å². The van der Waals surface area contributed by atoms with Crippen LogP contribution in [0.4, 0.5) is 4.39 Å². The third-order valence-electron chi connectivity index (χ3n) is 2.27. The van der Waals surface area contributed by atoms with Gasteiger partial charge in [-0.1, -0.05) is 12.1 Å². The smallest absolute Gasteiger partial charge is 0.326 e. The number of hydrogen-bond acceptors (Lipinski definition) is 3. The molecule has 0 radical (unpaired) electrons. The van der Waals surface area contributed by atoms with E-state index in [1.54, 1.807) is 6.07 Å². The number of halogens is 1. The molecule has 1 atom stereocenters. The maximum atomic E-state index is 13.3. The molecule has 0 heterocycles. The summed E-state index contributed by atoms with van der Waals surface area (Å²) >= 11 is 0. The first-order valence-corrected chi connectivity index (χ1v) is 5.21. The van der Waals surface area contributed by atoms with Gasteiger partial charge in [-0.2, -0.15) is 5.26 Å². The van der Waals surface area contributed by atoms with Gasteiger partial charge in [0.1, 0.15) is 11.9 Å². The molecule has 0 spiro atoms. The number of amides is 1. The number of benzene rings is 1. The van der Waals surface area contributed by atoms with Gasteiger partial charge < -0.3 is 10.4 Å². The van der Waals surface area contributed by atoms with Gasteiger partial charge in [0, 0.05) is 6.42 Å². The largest absolute Gasteiger partial charge is 0.480 e. The van der Waals surface area contributed by atoms with Gasteiger partial charge in [-0.05, 0) is 18.6 Å². The summed E-state index contributed by atoms with van der Waals surface area (Å²) in [6.45, 7) is 0. The molecular weight excluding hydrogens is 239 g/mol. The molecule has 0 aliphatic carbocycles. The van der Waals surface area contributed by atoms with E-state index in [1.807, 2.05) is 0 Å². The van der Waals surface area contributed by atoms with Gasteiger partial charge in [0.15, 0.2) is 0 Å². The Morgan fingerprint density at radius 1 is 1.44 bits per heavy atom. The van der Waals surface area contributed by atoms with E-state index >= 15 is 0 Å². The third kappa shape index (κ3) is 3.56. The van der Waals surface area contributed by atoms with Crippen molar-refractivity contribution < 1.29 is 19.1 Å². The summed E-state index contributed by atoms with van der Waals surface area (Å²) < 4.78 is 13.3. The highest BCUT2D eigenvalue weighted by atomic mass is 19.1. The Hall–Kier alpha value is -2.42. The van der Waals surface area contributed by atoms with Crippen molar-refractivity contribution in [3.8, 4) is 6.07 Å². The number of hydrogen-bond donors (Lipinski definition) is 2. The van der Waals surface area contributed by atoms with Crippen LogP contribution < -0.4 is 5.32 Å². The van der Waals surface area contributed by atoms with Crippen molar-refractivity contribution in [2.45, 2.75) is 18.9 Å². The minimum Gasteiger partial charge on any atom is -0.480 e. The minimum absolute atomic E-state index is 0.00544. The Morgan fingerprint density at radius 2 is 2.11 bits per heavy atom. The van der Waals surface area contributed by atoms with Crippen LogP contribution in [0.2, 0.25) is 0 Å². The van der Waals surface area contributed by atoms with Gasteiger partial charge in [-0.15, -0.1) is 0 Å². The summed E-state index contributed by atoms with van der Waals surface area (Å²) in [7, 11) is 0. The Balaban J connectivity index is 2.76. The van der Waals surface area contributed by atoms with Crippen LogP contribution in [0.25, 0.3) is 0 Å². The summed E-state index contributed by atoms with van der Waals surface area (Å²) in [5.74, 6) is -2.78. The molecule has 1 aromatic carbocycles. The van der Waals surface area contributed by atoms with E-state index < -0.39 is 23.7 Å². The van der Waals surface area contributed by atoms with E-state index in [4.69, 9.17) is 10.4 Å². The van der Waals surface area contributed by atoms with Crippen molar-refractivity contribution in [1.82, 2.24) is 5.32 Å². The van der Waals surface area contributed by atoms with Crippen LogP contribution in [0.15, 0.2) is 24.3 Å². The molecule has 0 unspecified atom stereocenters. The second-order valence-corrected chi connectivity index (χ2v) is 3.54. The summed E-state index contributed by atoms with van der Waals surface area (Å²) in [5, 5.41) is 19.4. The van der Waals surface area contributed by atoms with Crippen molar-refractivity contribution in [2.75, 3.05) is 0 Å². The van der Waals surface area contributed by atoms with E-state index in [2.05, 4.69) is 5.32 Å². The average Bonchev–Trinajstić information content (AvgIpc) is 2.34. The van der Waals surface area contributed by atoms with Gasteiger partial charge in [0.25, 0.3) is 5.91 Å². The zero-order valence-electron chi connectivity index (χ0n) is 9.39. The van der Waals surface area contributed by atoms with Crippen LogP contribution in [0.5, 0.6) is 0 Å². The van der Waals surface area contributed by atoms with Crippen LogP contribution >= 0.6 is 0 Å². The Labute approximate surface area is 103 Å².